The number of nitrogens with zero attached hydrogens (tertiary/aromatic N) is 2. The van der Waals surface area contributed by atoms with E-state index in [0.29, 0.717) is 11.4 Å². The Morgan fingerprint density at radius 2 is 1.90 bits per heavy atom. The summed E-state index contributed by atoms with van der Waals surface area (Å²) in [6.45, 7) is 1.68. The van der Waals surface area contributed by atoms with Crippen LogP contribution < -0.4 is 20.7 Å². The number of aromatic nitrogens is 2. The predicted molar refractivity (Wildman–Crippen MR) is 94.1 cm³/mol. The maximum absolute atomic E-state index is 12.6. The number of hydrogen-bond donors (Lipinski definition) is 3. The summed E-state index contributed by atoms with van der Waals surface area (Å²) in [5.41, 5.74) is 0.580. The van der Waals surface area contributed by atoms with Gasteiger partial charge in [0.2, 0.25) is 11.8 Å². The standard InChI is InChI=1S/C18H18F3N5O3/c1-10(11-3-5-12(6-4-11)29-18(19,20)21)24-17(28)13-9-14(27)26-16(25-13)15-22-7-2-8-23-15/h2-8,10,13,16,25H,9H2,1H3,(H,24,28)(H,26,27)/t10-,13?,16?/m1/s1. The van der Waals surface area contributed by atoms with Crippen LogP contribution in [-0.4, -0.2) is 34.2 Å². The largest absolute Gasteiger partial charge is 0.573 e. The molecule has 8 nitrogen and oxygen atoms in total. The Morgan fingerprint density at radius 1 is 1.24 bits per heavy atom. The number of benzene rings is 1. The Hall–Kier alpha value is -3.21. The molecule has 154 valence electrons. The monoisotopic (exact) mass is 409 g/mol. The molecule has 11 heteroatoms. The fourth-order valence-corrected chi connectivity index (χ4v) is 2.83. The van der Waals surface area contributed by atoms with E-state index in [4.69, 9.17) is 0 Å². The summed E-state index contributed by atoms with van der Waals surface area (Å²) in [5.74, 6) is -0.783. The normalized spacial score (nSPS) is 20.5. The molecule has 29 heavy (non-hydrogen) atoms. The molecule has 0 radical (unpaired) electrons. The van der Waals surface area contributed by atoms with E-state index < -0.39 is 30.5 Å². The Morgan fingerprint density at radius 3 is 2.52 bits per heavy atom. The summed E-state index contributed by atoms with van der Waals surface area (Å²) in [7, 11) is 0. The van der Waals surface area contributed by atoms with Crippen molar-refractivity contribution in [2.75, 3.05) is 0 Å². The lowest BCUT2D eigenvalue weighted by molar-refractivity contribution is -0.274. The van der Waals surface area contributed by atoms with Gasteiger partial charge < -0.3 is 15.4 Å². The average Bonchev–Trinajstić information content (AvgIpc) is 2.67. The van der Waals surface area contributed by atoms with Gasteiger partial charge in [0.25, 0.3) is 0 Å². The third-order valence-corrected chi connectivity index (χ3v) is 4.20. The number of halogens is 3. The first kappa shape index (κ1) is 20.5. The Balaban J connectivity index is 1.62. The molecule has 2 heterocycles. The number of hydrogen-bond acceptors (Lipinski definition) is 6. The van der Waals surface area contributed by atoms with E-state index in [9.17, 15) is 22.8 Å². The quantitative estimate of drug-likeness (QED) is 0.695. The molecule has 0 aliphatic carbocycles. The lowest BCUT2D eigenvalue weighted by Crippen LogP contribution is -2.56. The van der Waals surface area contributed by atoms with Crippen molar-refractivity contribution < 1.29 is 27.5 Å². The van der Waals surface area contributed by atoms with Gasteiger partial charge in [-0.25, -0.2) is 9.97 Å². The van der Waals surface area contributed by atoms with Crippen molar-refractivity contribution in [2.24, 2.45) is 0 Å². The molecule has 0 spiro atoms. The van der Waals surface area contributed by atoms with Crippen LogP contribution in [0.1, 0.15) is 36.9 Å². The molecule has 2 amide bonds. The van der Waals surface area contributed by atoms with Crippen molar-refractivity contribution in [3.8, 4) is 5.75 Å². The second-order valence-electron chi connectivity index (χ2n) is 6.38. The predicted octanol–water partition coefficient (Wildman–Crippen LogP) is 1.73. The van der Waals surface area contributed by atoms with E-state index in [-0.39, 0.29) is 18.1 Å². The molecule has 0 saturated carbocycles. The molecule has 3 atom stereocenters. The van der Waals surface area contributed by atoms with Crippen LogP contribution >= 0.6 is 0 Å². The van der Waals surface area contributed by atoms with Crippen LogP contribution in [0.5, 0.6) is 5.75 Å². The highest BCUT2D eigenvalue weighted by atomic mass is 19.4. The maximum atomic E-state index is 12.6. The van der Waals surface area contributed by atoms with Crippen molar-refractivity contribution in [3.63, 3.8) is 0 Å². The Bertz CT molecular complexity index is 861. The first-order valence-electron chi connectivity index (χ1n) is 8.69. The van der Waals surface area contributed by atoms with E-state index in [0.717, 1.165) is 0 Å². The number of alkyl halides is 3. The van der Waals surface area contributed by atoms with Gasteiger partial charge in [-0.2, -0.15) is 0 Å². The highest BCUT2D eigenvalue weighted by Crippen LogP contribution is 2.24. The average molecular weight is 409 g/mol. The van der Waals surface area contributed by atoms with Crippen LogP contribution in [0.4, 0.5) is 13.2 Å². The lowest BCUT2D eigenvalue weighted by atomic mass is 10.1. The fraction of sp³-hybridized carbons (Fsp3) is 0.333. The van der Waals surface area contributed by atoms with E-state index in [1.165, 1.54) is 36.7 Å². The molecule has 3 N–H and O–H groups in total. The van der Waals surface area contributed by atoms with Gasteiger partial charge in [-0.15, -0.1) is 13.2 Å². The molecule has 0 bridgehead atoms. The second kappa shape index (κ2) is 8.43. The smallest absolute Gasteiger partial charge is 0.406 e. The van der Waals surface area contributed by atoms with Gasteiger partial charge in [-0.05, 0) is 30.7 Å². The summed E-state index contributed by atoms with van der Waals surface area (Å²) in [6, 6.07) is 5.50. The summed E-state index contributed by atoms with van der Waals surface area (Å²) in [4.78, 5) is 32.7. The van der Waals surface area contributed by atoms with Crippen LogP contribution in [0.3, 0.4) is 0 Å². The molecule has 3 rings (SSSR count). The maximum Gasteiger partial charge on any atom is 0.573 e. The molecule has 1 aliphatic rings. The van der Waals surface area contributed by atoms with Crippen LogP contribution in [0, 0.1) is 0 Å². The van der Waals surface area contributed by atoms with E-state index in [1.54, 1.807) is 13.0 Å². The van der Waals surface area contributed by atoms with Gasteiger partial charge in [0.15, 0.2) is 5.82 Å². The molecule has 1 saturated heterocycles. The number of ether oxygens (including phenoxy) is 1. The molecule has 1 aromatic carbocycles. The summed E-state index contributed by atoms with van der Waals surface area (Å²) < 4.78 is 40.5. The molecular weight excluding hydrogens is 391 g/mol. The number of amides is 2. The van der Waals surface area contributed by atoms with E-state index in [2.05, 4.69) is 30.7 Å². The second-order valence-corrected chi connectivity index (χ2v) is 6.38. The fourth-order valence-electron chi connectivity index (χ4n) is 2.83. The molecule has 1 aromatic heterocycles. The van der Waals surface area contributed by atoms with Gasteiger partial charge in [-0.3, -0.25) is 14.9 Å². The first-order chi connectivity index (χ1) is 13.7. The third-order valence-electron chi connectivity index (χ3n) is 4.20. The summed E-state index contributed by atoms with van der Waals surface area (Å²) in [6.07, 6.45) is -2.50. The zero-order valence-corrected chi connectivity index (χ0v) is 15.2. The van der Waals surface area contributed by atoms with Crippen LogP contribution in [-0.2, 0) is 9.59 Å². The number of carbonyl (C=O) groups excluding carboxylic acids is 2. The van der Waals surface area contributed by atoms with Gasteiger partial charge in [0.1, 0.15) is 11.9 Å². The number of nitrogens with one attached hydrogen (secondary N) is 3. The van der Waals surface area contributed by atoms with Crippen molar-refractivity contribution in [1.29, 1.82) is 0 Å². The van der Waals surface area contributed by atoms with E-state index in [1.807, 2.05) is 0 Å². The minimum absolute atomic E-state index is 0.0692. The topological polar surface area (TPSA) is 105 Å². The highest BCUT2D eigenvalue weighted by Gasteiger charge is 2.33. The molecule has 1 fully saturated rings. The van der Waals surface area contributed by atoms with Gasteiger partial charge in [0, 0.05) is 12.4 Å². The van der Waals surface area contributed by atoms with Gasteiger partial charge in [0.05, 0.1) is 18.5 Å². The molecular formula is C18H18F3N5O3. The summed E-state index contributed by atoms with van der Waals surface area (Å²) >= 11 is 0. The SMILES string of the molecule is C[C@@H](NC(=O)C1CC(=O)NC(c2ncccn2)N1)c1ccc(OC(F)(F)F)cc1. The molecule has 2 aromatic rings. The van der Waals surface area contributed by atoms with Crippen molar-refractivity contribution in [2.45, 2.75) is 38.0 Å². The van der Waals surface area contributed by atoms with Crippen molar-refractivity contribution >= 4 is 11.8 Å². The van der Waals surface area contributed by atoms with Crippen LogP contribution in [0.25, 0.3) is 0 Å². The van der Waals surface area contributed by atoms with Crippen LogP contribution in [0.2, 0.25) is 0 Å². The van der Waals surface area contributed by atoms with Crippen molar-refractivity contribution in [1.82, 2.24) is 25.9 Å². The lowest BCUT2D eigenvalue weighted by Gasteiger charge is -2.30. The molecule has 2 unspecified atom stereocenters. The zero-order chi connectivity index (χ0) is 21.0. The summed E-state index contributed by atoms with van der Waals surface area (Å²) in [5, 5.41) is 8.38. The van der Waals surface area contributed by atoms with Crippen LogP contribution in [0.15, 0.2) is 42.7 Å². The third kappa shape index (κ3) is 5.64. The highest BCUT2D eigenvalue weighted by molar-refractivity contribution is 5.89. The molecule has 1 aliphatic heterocycles. The zero-order valence-electron chi connectivity index (χ0n) is 15.2. The number of carbonyl (C=O) groups is 2. The minimum atomic E-state index is -4.77. The Kier molecular flexibility index (Phi) is 5.97. The van der Waals surface area contributed by atoms with Gasteiger partial charge >= 0.3 is 6.36 Å². The minimum Gasteiger partial charge on any atom is -0.406 e. The van der Waals surface area contributed by atoms with Crippen molar-refractivity contribution in [3.05, 3.63) is 54.1 Å². The number of rotatable bonds is 5. The van der Waals surface area contributed by atoms with Gasteiger partial charge in [-0.1, -0.05) is 12.1 Å². The van der Waals surface area contributed by atoms with E-state index >= 15 is 0 Å². The Labute approximate surface area is 163 Å². The first-order valence-corrected chi connectivity index (χ1v) is 8.69.